The van der Waals surface area contributed by atoms with Crippen LogP contribution < -0.4 is 4.74 Å². The van der Waals surface area contributed by atoms with Gasteiger partial charge in [-0.05, 0) is 89.9 Å². The average Bonchev–Trinajstić information content (AvgIpc) is 2.88. The van der Waals surface area contributed by atoms with E-state index in [0.29, 0.717) is 34.7 Å². The van der Waals surface area contributed by atoms with Gasteiger partial charge in [0, 0.05) is 5.39 Å². The molecule has 200 valence electrons. The summed E-state index contributed by atoms with van der Waals surface area (Å²) in [6.45, 7) is -1.25. The first kappa shape index (κ1) is 27.6. The van der Waals surface area contributed by atoms with E-state index in [4.69, 9.17) is 0 Å². The standard InChI is InChI=1S/C31H28F6O/c1-2-3-4-19-5-9-22(26(32)16-19)10-6-20-8-14-25-24(15-20)13-12-23(29(25)35)11-7-21-17-27(33)30(28(34)18-21)38-31(36)37/h5,8-9,12-18,31H,2-4,6-7,10-11H2,1H3. The van der Waals surface area contributed by atoms with Crippen LogP contribution in [0.4, 0.5) is 26.3 Å². The van der Waals surface area contributed by atoms with Crippen molar-refractivity contribution < 1.29 is 31.1 Å². The van der Waals surface area contributed by atoms with Gasteiger partial charge in [0.2, 0.25) is 0 Å². The molecule has 0 aromatic heterocycles. The van der Waals surface area contributed by atoms with Crippen LogP contribution in [0.15, 0.2) is 60.7 Å². The molecule has 0 radical (unpaired) electrons. The fraction of sp³-hybridized carbons (Fsp3) is 0.290. The molecule has 4 aromatic rings. The molecule has 4 aromatic carbocycles. The molecule has 38 heavy (non-hydrogen) atoms. The Bertz CT molecular complexity index is 1390. The summed E-state index contributed by atoms with van der Waals surface area (Å²) in [5.41, 5.74) is 3.16. The monoisotopic (exact) mass is 530 g/mol. The highest BCUT2D eigenvalue weighted by Crippen LogP contribution is 2.28. The number of alkyl halides is 2. The summed E-state index contributed by atoms with van der Waals surface area (Å²) in [6, 6.07) is 16.0. The Kier molecular flexibility index (Phi) is 8.97. The molecule has 0 heterocycles. The van der Waals surface area contributed by atoms with Crippen LogP contribution in [-0.4, -0.2) is 6.61 Å². The molecule has 0 saturated heterocycles. The fourth-order valence-corrected chi connectivity index (χ4v) is 4.58. The number of hydrogen-bond acceptors (Lipinski definition) is 1. The lowest BCUT2D eigenvalue weighted by Gasteiger charge is -2.11. The van der Waals surface area contributed by atoms with Crippen molar-refractivity contribution in [2.24, 2.45) is 0 Å². The zero-order valence-electron chi connectivity index (χ0n) is 21.0. The van der Waals surface area contributed by atoms with Gasteiger partial charge < -0.3 is 4.74 Å². The Balaban J connectivity index is 1.43. The van der Waals surface area contributed by atoms with E-state index in [2.05, 4.69) is 11.7 Å². The van der Waals surface area contributed by atoms with Crippen LogP contribution >= 0.6 is 0 Å². The molecule has 0 saturated carbocycles. The van der Waals surface area contributed by atoms with Crippen molar-refractivity contribution in [2.45, 2.75) is 58.5 Å². The molecule has 0 bridgehead atoms. The minimum atomic E-state index is -3.35. The normalized spacial score (nSPS) is 11.5. The predicted molar refractivity (Wildman–Crippen MR) is 137 cm³/mol. The molecule has 0 spiro atoms. The molecule has 0 N–H and O–H groups in total. The van der Waals surface area contributed by atoms with Gasteiger partial charge in [-0.15, -0.1) is 0 Å². The molecule has 1 nitrogen and oxygen atoms in total. The van der Waals surface area contributed by atoms with Gasteiger partial charge in [-0.25, -0.2) is 17.6 Å². The number of rotatable bonds is 11. The van der Waals surface area contributed by atoms with Crippen molar-refractivity contribution >= 4 is 10.8 Å². The molecular weight excluding hydrogens is 502 g/mol. The summed E-state index contributed by atoms with van der Waals surface area (Å²) >= 11 is 0. The van der Waals surface area contributed by atoms with Crippen molar-refractivity contribution in [1.29, 1.82) is 0 Å². The van der Waals surface area contributed by atoms with E-state index in [1.165, 1.54) is 0 Å². The van der Waals surface area contributed by atoms with E-state index < -0.39 is 29.8 Å². The maximum atomic E-state index is 15.2. The molecule has 0 aliphatic rings. The third kappa shape index (κ3) is 6.69. The highest BCUT2D eigenvalue weighted by molar-refractivity contribution is 5.84. The van der Waals surface area contributed by atoms with Crippen molar-refractivity contribution in [3.63, 3.8) is 0 Å². The zero-order valence-corrected chi connectivity index (χ0v) is 21.0. The Labute approximate surface area is 218 Å². The van der Waals surface area contributed by atoms with Gasteiger partial charge in [-0.1, -0.05) is 55.8 Å². The Morgan fingerprint density at radius 3 is 1.92 bits per heavy atom. The number of hydrogen-bond donors (Lipinski definition) is 0. The number of fused-ring (bicyclic) bond motifs is 1. The number of ether oxygens (including phenoxy) is 1. The maximum Gasteiger partial charge on any atom is 0.387 e. The highest BCUT2D eigenvalue weighted by Gasteiger charge is 2.17. The Morgan fingerprint density at radius 1 is 0.632 bits per heavy atom. The Hall–Kier alpha value is -3.48. The van der Waals surface area contributed by atoms with Crippen molar-refractivity contribution in [3.05, 3.63) is 112 Å². The van der Waals surface area contributed by atoms with Gasteiger partial charge in [-0.2, -0.15) is 8.78 Å². The number of aryl methyl sites for hydroxylation is 5. The van der Waals surface area contributed by atoms with Crippen LogP contribution in [0.2, 0.25) is 0 Å². The largest absolute Gasteiger partial charge is 0.429 e. The third-order valence-electron chi connectivity index (χ3n) is 6.67. The van der Waals surface area contributed by atoms with Crippen molar-refractivity contribution in [1.82, 2.24) is 0 Å². The van der Waals surface area contributed by atoms with Crippen LogP contribution in [0, 0.1) is 23.3 Å². The lowest BCUT2D eigenvalue weighted by atomic mass is 9.96. The lowest BCUT2D eigenvalue weighted by molar-refractivity contribution is -0.0546. The molecule has 7 heteroatoms. The second-order valence-corrected chi connectivity index (χ2v) is 9.39. The molecule has 0 fully saturated rings. The van der Waals surface area contributed by atoms with Crippen LogP contribution in [0.25, 0.3) is 10.8 Å². The molecule has 0 atom stereocenters. The highest BCUT2D eigenvalue weighted by atomic mass is 19.3. The molecule has 0 aliphatic heterocycles. The molecule has 0 amide bonds. The molecule has 4 rings (SSSR count). The minimum absolute atomic E-state index is 0.103. The number of benzene rings is 4. The number of unbranched alkanes of at least 4 members (excludes halogenated alkanes) is 1. The van der Waals surface area contributed by atoms with E-state index in [1.54, 1.807) is 24.3 Å². The summed E-state index contributed by atoms with van der Waals surface area (Å²) in [6.07, 6.45) is 4.34. The van der Waals surface area contributed by atoms with Crippen LogP contribution in [0.5, 0.6) is 5.75 Å². The third-order valence-corrected chi connectivity index (χ3v) is 6.67. The summed E-state index contributed by atoms with van der Waals surface area (Å²) in [5.74, 6) is -4.24. The van der Waals surface area contributed by atoms with Crippen molar-refractivity contribution in [2.75, 3.05) is 0 Å². The van der Waals surface area contributed by atoms with E-state index in [9.17, 15) is 22.0 Å². The summed E-state index contributed by atoms with van der Waals surface area (Å²) in [5, 5.41) is 1.11. The average molecular weight is 531 g/mol. The van der Waals surface area contributed by atoms with Gasteiger partial charge in [0.15, 0.2) is 17.4 Å². The van der Waals surface area contributed by atoms with E-state index in [1.807, 2.05) is 24.3 Å². The molecule has 0 aliphatic carbocycles. The lowest BCUT2D eigenvalue weighted by Crippen LogP contribution is -2.06. The summed E-state index contributed by atoms with van der Waals surface area (Å²) in [7, 11) is 0. The van der Waals surface area contributed by atoms with E-state index in [-0.39, 0.29) is 24.2 Å². The molecule has 0 unspecified atom stereocenters. The quantitative estimate of drug-likeness (QED) is 0.176. The van der Waals surface area contributed by atoms with Gasteiger partial charge in [0.25, 0.3) is 0 Å². The van der Waals surface area contributed by atoms with E-state index in [0.717, 1.165) is 42.5 Å². The predicted octanol–water partition coefficient (Wildman–Crippen LogP) is 8.91. The zero-order chi connectivity index (χ0) is 27.2. The summed E-state index contributed by atoms with van der Waals surface area (Å²) < 4.78 is 86.2. The fourth-order valence-electron chi connectivity index (χ4n) is 4.58. The van der Waals surface area contributed by atoms with Gasteiger partial charge in [0.05, 0.1) is 0 Å². The van der Waals surface area contributed by atoms with Gasteiger partial charge in [-0.3, -0.25) is 0 Å². The second-order valence-electron chi connectivity index (χ2n) is 9.39. The first-order chi connectivity index (χ1) is 18.2. The van der Waals surface area contributed by atoms with Crippen LogP contribution in [-0.2, 0) is 32.1 Å². The maximum absolute atomic E-state index is 15.2. The van der Waals surface area contributed by atoms with Gasteiger partial charge in [0.1, 0.15) is 11.6 Å². The van der Waals surface area contributed by atoms with Crippen LogP contribution in [0.3, 0.4) is 0 Å². The minimum Gasteiger partial charge on any atom is -0.429 e. The Morgan fingerprint density at radius 2 is 1.24 bits per heavy atom. The SMILES string of the molecule is CCCCc1ccc(CCc2ccc3c(F)c(CCc4cc(F)c(OC(F)F)c(F)c4)ccc3c2)c(F)c1. The smallest absolute Gasteiger partial charge is 0.387 e. The van der Waals surface area contributed by atoms with E-state index >= 15 is 4.39 Å². The topological polar surface area (TPSA) is 9.23 Å². The van der Waals surface area contributed by atoms with Crippen LogP contribution in [0.1, 0.15) is 47.6 Å². The first-order valence-corrected chi connectivity index (χ1v) is 12.6. The number of halogens is 6. The first-order valence-electron chi connectivity index (χ1n) is 12.6. The summed E-state index contributed by atoms with van der Waals surface area (Å²) in [4.78, 5) is 0. The van der Waals surface area contributed by atoms with Gasteiger partial charge >= 0.3 is 6.61 Å². The second kappa shape index (κ2) is 12.4. The molecular formula is C31H28F6O. The van der Waals surface area contributed by atoms with Crippen molar-refractivity contribution in [3.8, 4) is 5.75 Å².